The number of carbonyl (C=O) groups excluding carboxylic acids is 17. The zero-order valence-electron chi connectivity index (χ0n) is 83.7. The molecule has 3 N–H and O–H groups in total. The molecule has 4 aliphatic carbocycles. The summed E-state index contributed by atoms with van der Waals surface area (Å²) in [6.07, 6.45) is 0.949. The van der Waals surface area contributed by atoms with Crippen molar-refractivity contribution in [2.24, 2.45) is 99.6 Å². The fraction of sp³-hybridized carbons (Fsp3) is 0.768. The number of rotatable bonds is 27. The van der Waals surface area contributed by atoms with E-state index >= 15 is 28.4 Å². The average molecular weight is 1850 g/mol. The van der Waals surface area contributed by atoms with Crippen LogP contribution in [0.1, 0.15) is 255 Å². The monoisotopic (exact) mass is 1850 g/mol. The van der Waals surface area contributed by atoms with Gasteiger partial charge >= 0.3 is 18.1 Å². The van der Waals surface area contributed by atoms with Crippen molar-refractivity contribution in [1.82, 2.24) is 39.6 Å². The molecule has 4 fully saturated rings. The summed E-state index contributed by atoms with van der Waals surface area (Å²) in [5, 5.41) is 27.0. The zero-order valence-corrected chi connectivity index (χ0v) is 83.7. The SMILES string of the molecule is C/C=C/C[C@@H](C)[C@@H](OC(=O)OCOC(=O)CCC(=O)NC(C(=O)OCC(=O)[C@@]1(O)[C@H](C)CC2C3CCC4=CC(=O)C=C[C@]4(C)[C@@]3(F)[C@@H](O)C[C@@]21C)C(C)C)[C@@H]1C(=O)C[C@H](CC)C(=O)N(C)CC(=O)N(C)[C@@H](CC(C)C)C(=O)C[C@H](C(C)C)C(=O)N(C)[C@H](CC(C)C)C(=O)C[C@H](C)C(=O)C[C@@H](C)C(=O)N(C)[C@H](CC(C)C)C(=O)N(C)[C@H](CC(C)C)C(=O)N(C)[C@H](C(C)C)C(=O)N1C. The van der Waals surface area contributed by atoms with Crippen molar-refractivity contribution in [1.29, 1.82) is 0 Å². The average Bonchev–Trinajstić information content (AvgIpc) is 1.56. The predicted molar refractivity (Wildman–Crippen MR) is 489 cm³/mol. The van der Waals surface area contributed by atoms with Gasteiger partial charge in [-0.3, -0.25) is 71.9 Å². The number of Topliss-reactive ketones (excluding diaryl/α,β-unsaturated/α-hetero) is 5. The van der Waals surface area contributed by atoms with Gasteiger partial charge in [-0.2, -0.15) is 0 Å². The minimum atomic E-state index is -2.24. The highest BCUT2D eigenvalue weighted by atomic mass is 19.1. The van der Waals surface area contributed by atoms with E-state index in [0.29, 0.717) is 12.0 Å². The van der Waals surface area contributed by atoms with Crippen LogP contribution in [0.25, 0.3) is 0 Å². The molecular formula is C99H157FN8O23. The number of nitrogens with zero attached hydrogens (tertiary/aromatic N) is 7. The molecule has 0 spiro atoms. The Bertz CT molecular complexity index is 4230. The van der Waals surface area contributed by atoms with Crippen LogP contribution in [0.5, 0.6) is 0 Å². The summed E-state index contributed by atoms with van der Waals surface area (Å²) in [6, 6.07) is -9.29. The molecule has 8 amide bonds. The molecule has 3 saturated carbocycles. The highest BCUT2D eigenvalue weighted by Crippen LogP contribution is 2.71. The molecule has 738 valence electrons. The number of esters is 2. The minimum Gasteiger partial charge on any atom is -0.456 e. The maximum Gasteiger partial charge on any atom is 0.511 e. The lowest BCUT2D eigenvalue weighted by molar-refractivity contribution is -0.220. The van der Waals surface area contributed by atoms with Crippen LogP contribution >= 0.6 is 0 Å². The Kier molecular flexibility index (Phi) is 41.1. The Morgan fingerprint density at radius 2 is 1.11 bits per heavy atom. The number of amides is 8. The molecule has 0 aromatic rings. The Morgan fingerprint density at radius 1 is 0.588 bits per heavy atom. The number of ketones is 6. The zero-order chi connectivity index (χ0) is 99.8. The lowest BCUT2D eigenvalue weighted by atomic mass is 9.44. The number of alkyl halides is 1. The quantitative estimate of drug-likeness (QED) is 0.0298. The third-order valence-electron chi connectivity index (χ3n) is 28.7. The molecule has 3 unspecified atom stereocenters. The highest BCUT2D eigenvalue weighted by molar-refractivity contribution is 6.02. The Labute approximate surface area is 776 Å². The number of likely N-dealkylation sites (N-methyl/N-ethyl adjacent to an activating group) is 7. The third kappa shape index (κ3) is 26.4. The molecule has 21 atom stereocenters. The van der Waals surface area contributed by atoms with E-state index in [1.165, 1.54) is 92.1 Å². The van der Waals surface area contributed by atoms with Crippen LogP contribution in [0.3, 0.4) is 0 Å². The van der Waals surface area contributed by atoms with Gasteiger partial charge in [-0.1, -0.05) is 162 Å². The maximum absolute atomic E-state index is 17.9. The number of aliphatic hydroxyl groups excluding tert-OH is 1. The van der Waals surface area contributed by atoms with Crippen molar-refractivity contribution in [3.63, 3.8) is 0 Å². The molecule has 5 aliphatic rings. The molecule has 0 aromatic carbocycles. The van der Waals surface area contributed by atoms with E-state index in [-0.39, 0.29) is 107 Å². The van der Waals surface area contributed by atoms with Gasteiger partial charge in [-0.05, 0) is 149 Å². The second-order valence-corrected chi connectivity index (χ2v) is 41.5. The van der Waals surface area contributed by atoms with E-state index in [1.54, 1.807) is 109 Å². The van der Waals surface area contributed by atoms with Crippen LogP contribution in [-0.4, -0.2) is 280 Å². The predicted octanol–water partition coefficient (Wildman–Crippen LogP) is 10.7. The second-order valence-electron chi connectivity index (χ2n) is 41.5. The normalized spacial score (nSPS) is 30.7. The van der Waals surface area contributed by atoms with Gasteiger partial charge in [0.15, 0.2) is 35.4 Å². The summed E-state index contributed by atoms with van der Waals surface area (Å²) in [4.78, 5) is 257. The fourth-order valence-corrected chi connectivity index (χ4v) is 20.7. The molecule has 32 heteroatoms. The van der Waals surface area contributed by atoms with E-state index in [1.807, 2.05) is 55.4 Å². The first-order valence-electron chi connectivity index (χ1n) is 47.3. The Hall–Kier alpha value is -8.94. The van der Waals surface area contributed by atoms with Crippen molar-refractivity contribution in [2.75, 3.05) is 69.3 Å². The molecule has 31 nitrogen and oxygen atoms in total. The molecule has 1 heterocycles. The number of allylic oxidation sites excluding steroid dienone is 6. The van der Waals surface area contributed by atoms with Gasteiger partial charge in [0, 0.05) is 122 Å². The van der Waals surface area contributed by atoms with Gasteiger partial charge in [0.25, 0.3) is 0 Å². The molecular weight excluding hydrogens is 1690 g/mol. The molecule has 1 saturated heterocycles. The number of hydrogen-bond donors (Lipinski definition) is 3. The van der Waals surface area contributed by atoms with Crippen LogP contribution in [0.4, 0.5) is 9.18 Å². The summed E-state index contributed by atoms with van der Waals surface area (Å²) in [6.45, 7) is 35.2. The van der Waals surface area contributed by atoms with Crippen LogP contribution in [0.15, 0.2) is 36.0 Å². The number of ether oxygens (including phenoxy) is 4. The summed E-state index contributed by atoms with van der Waals surface area (Å²) >= 11 is 0. The Balaban J connectivity index is 1.49. The number of fused-ring (bicyclic) bond motifs is 5. The van der Waals surface area contributed by atoms with Gasteiger partial charge in [0.2, 0.25) is 59.8 Å². The summed E-state index contributed by atoms with van der Waals surface area (Å²) in [7, 11) is 9.80. The topological polar surface area (TPSA) is 402 Å². The number of halogens is 1. The lowest BCUT2D eigenvalue weighted by Gasteiger charge is -2.62. The number of nitrogens with one attached hydrogen (secondary N) is 1. The Morgan fingerprint density at radius 3 is 1.64 bits per heavy atom. The maximum atomic E-state index is 17.9. The largest absolute Gasteiger partial charge is 0.511 e. The third-order valence-corrected chi connectivity index (χ3v) is 28.7. The number of carbonyl (C=O) groups is 17. The second kappa shape index (κ2) is 47.8. The van der Waals surface area contributed by atoms with Gasteiger partial charge in [0.05, 0.1) is 31.2 Å². The molecule has 5 rings (SSSR count). The van der Waals surface area contributed by atoms with E-state index < -0.39 is 275 Å². The number of aliphatic hydroxyl groups is 2. The van der Waals surface area contributed by atoms with Gasteiger partial charge in [0.1, 0.15) is 47.7 Å². The first kappa shape index (κ1) is 113. The highest BCUT2D eigenvalue weighted by Gasteiger charge is 2.76. The van der Waals surface area contributed by atoms with E-state index in [9.17, 15) is 67.7 Å². The van der Waals surface area contributed by atoms with Crippen LogP contribution in [0, 0.1) is 99.6 Å². The molecule has 0 aromatic heterocycles. The number of hydrogen-bond acceptors (Lipinski definition) is 23. The van der Waals surface area contributed by atoms with Crippen molar-refractivity contribution < 1.29 is 115 Å². The standard InChI is InChI=1S/C99H157FN8O23/c1-30-32-33-61(17)87(131-95(126)130-53-129-83(118)37-36-81(116)101-84(59(13)14)94(125)128-52-80(115)99(127)64(20)46-70-69-35-34-66-48-67(109)38-39-96(66,21)98(69,100)79(114)50-97(70,99)22)86-78(113)47-65(31-2)89(120)102(23)51-82(117)103(24)71(40-54(3)4)77(112)49-68(58(11)12)90(121)104(25)72(41-55(5)6)76(111)44-62(18)75(110)45-63(19)88(119)105(26)73(42-56(7)8)91(122)106(27)74(43-57(9)10)92(123)107(28)85(60(15)16)93(124)108(86)29/h30,32,38-39,48,54-65,68-74,79,84-87,114,127H,31,33-37,40-47,49-53H2,1-29H3,(H,101,116)/b32-30+/t61-,62+,63-,64-,65+,68-,69?,70?,71+,72-,73-,74-,79+,84?,85-,86+,87-,96+,97+,98+,99+/m1/s1. The summed E-state index contributed by atoms with van der Waals surface area (Å²) < 4.78 is 40.1. The van der Waals surface area contributed by atoms with Gasteiger partial charge in [-0.25, -0.2) is 14.0 Å². The van der Waals surface area contributed by atoms with E-state index in [4.69, 9.17) is 18.9 Å². The fourth-order valence-electron chi connectivity index (χ4n) is 20.7. The summed E-state index contributed by atoms with van der Waals surface area (Å²) in [5.74, 6) is -20.8. The molecule has 0 bridgehead atoms. The van der Waals surface area contributed by atoms with Crippen molar-refractivity contribution in [3.8, 4) is 0 Å². The summed E-state index contributed by atoms with van der Waals surface area (Å²) in [5.41, 5.74) is -6.56. The van der Waals surface area contributed by atoms with E-state index in [0.717, 1.165) is 9.80 Å². The molecule has 1 aliphatic heterocycles. The molecule has 131 heavy (non-hydrogen) atoms. The minimum absolute atomic E-state index is 0.0358. The smallest absolute Gasteiger partial charge is 0.456 e. The van der Waals surface area contributed by atoms with Gasteiger partial charge < -0.3 is 68.8 Å². The van der Waals surface area contributed by atoms with Crippen molar-refractivity contribution >= 4 is 100 Å². The van der Waals surface area contributed by atoms with Crippen molar-refractivity contribution in [2.45, 2.75) is 321 Å². The van der Waals surface area contributed by atoms with Gasteiger partial charge in [-0.15, -0.1) is 0 Å². The lowest BCUT2D eigenvalue weighted by Crippen LogP contribution is -2.69. The molecule has 0 radical (unpaired) electrons. The first-order chi connectivity index (χ1) is 60.7. The first-order valence-corrected chi connectivity index (χ1v) is 47.3. The van der Waals surface area contributed by atoms with Crippen LogP contribution in [-0.2, 0) is 95.7 Å². The van der Waals surface area contributed by atoms with Crippen LogP contribution in [0.2, 0.25) is 0 Å². The van der Waals surface area contributed by atoms with Crippen molar-refractivity contribution in [3.05, 3.63) is 36.0 Å². The van der Waals surface area contributed by atoms with Crippen LogP contribution < -0.4 is 5.32 Å². The van der Waals surface area contributed by atoms with E-state index in [2.05, 4.69) is 5.32 Å².